The van der Waals surface area contributed by atoms with Crippen molar-refractivity contribution in [2.75, 3.05) is 18.9 Å². The van der Waals surface area contributed by atoms with Crippen molar-refractivity contribution in [3.05, 3.63) is 58.4 Å². The van der Waals surface area contributed by atoms with Gasteiger partial charge in [0.25, 0.3) is 5.91 Å². The van der Waals surface area contributed by atoms with Crippen LogP contribution in [0.15, 0.2) is 30.3 Å². The van der Waals surface area contributed by atoms with E-state index in [0.29, 0.717) is 11.4 Å². The molecule has 0 radical (unpaired) electrons. The Morgan fingerprint density at radius 3 is 2.56 bits per heavy atom. The van der Waals surface area contributed by atoms with Crippen molar-refractivity contribution in [2.45, 2.75) is 63.8 Å². The first-order chi connectivity index (χ1) is 15.2. The molecule has 4 rings (SSSR count). The predicted octanol–water partition coefficient (Wildman–Crippen LogP) is 4.55. The molecular formula is C24H29F3N4O. The van der Waals surface area contributed by atoms with Crippen LogP contribution < -0.4 is 10.6 Å². The van der Waals surface area contributed by atoms with Gasteiger partial charge in [-0.15, -0.1) is 0 Å². The standard InChI is InChI=1S/C24H29F3N4O/c1-15-12-19(13-22(28-15)24(25,26)27)29-17-6-8-18(9-7-17)30-23(32)21-5-3-4-16-14-31(2)11-10-20(16)21/h3-5,12-13,17-18H,6-11,14H2,1-2H3,(H,28,29)(H,30,32)/t17-,18+. The number of fused-ring (bicyclic) bond motifs is 1. The van der Waals surface area contributed by atoms with Crippen molar-refractivity contribution in [1.82, 2.24) is 15.2 Å². The van der Waals surface area contributed by atoms with Crippen molar-refractivity contribution < 1.29 is 18.0 Å². The van der Waals surface area contributed by atoms with E-state index >= 15 is 0 Å². The summed E-state index contributed by atoms with van der Waals surface area (Å²) in [7, 11) is 2.08. The first-order valence-electron chi connectivity index (χ1n) is 11.1. The number of hydrogen-bond donors (Lipinski definition) is 2. The molecule has 1 aliphatic carbocycles. The lowest BCUT2D eigenvalue weighted by atomic mass is 9.90. The highest BCUT2D eigenvalue weighted by Crippen LogP contribution is 2.31. The number of aryl methyl sites for hydroxylation is 1. The van der Waals surface area contributed by atoms with Gasteiger partial charge in [0.1, 0.15) is 5.69 Å². The molecule has 0 spiro atoms. The Labute approximate surface area is 186 Å². The lowest BCUT2D eigenvalue weighted by Gasteiger charge is -2.31. The SMILES string of the molecule is Cc1cc(N[C@H]2CC[C@@H](NC(=O)c3cccc4c3CCN(C)C4)CC2)cc(C(F)(F)F)n1. The zero-order chi connectivity index (χ0) is 22.9. The zero-order valence-electron chi connectivity index (χ0n) is 18.4. The third-order valence-electron chi connectivity index (χ3n) is 6.38. The Bertz CT molecular complexity index is 984. The summed E-state index contributed by atoms with van der Waals surface area (Å²) in [5, 5.41) is 6.41. The van der Waals surface area contributed by atoms with Gasteiger partial charge in [-0.3, -0.25) is 4.79 Å². The van der Waals surface area contributed by atoms with Crippen molar-refractivity contribution in [3.63, 3.8) is 0 Å². The van der Waals surface area contributed by atoms with Gasteiger partial charge in [-0.25, -0.2) is 4.98 Å². The minimum absolute atomic E-state index is 0.0256. The normalized spacial score (nSPS) is 21.7. The van der Waals surface area contributed by atoms with E-state index in [-0.39, 0.29) is 18.0 Å². The van der Waals surface area contributed by atoms with Crippen molar-refractivity contribution >= 4 is 11.6 Å². The summed E-state index contributed by atoms with van der Waals surface area (Å²) in [6, 6.07) is 8.79. The zero-order valence-corrected chi connectivity index (χ0v) is 18.4. The number of aromatic nitrogens is 1. The smallest absolute Gasteiger partial charge is 0.382 e. The molecule has 2 heterocycles. The first kappa shape index (κ1) is 22.6. The fraction of sp³-hybridized carbons (Fsp3) is 0.500. The number of halogens is 3. The number of nitrogens with zero attached hydrogens (tertiary/aromatic N) is 2. The quantitative estimate of drug-likeness (QED) is 0.724. The summed E-state index contributed by atoms with van der Waals surface area (Å²) in [5.74, 6) is -0.0256. The van der Waals surface area contributed by atoms with Gasteiger partial charge in [-0.1, -0.05) is 12.1 Å². The van der Waals surface area contributed by atoms with E-state index < -0.39 is 11.9 Å². The molecule has 2 aromatic rings. The van der Waals surface area contributed by atoms with E-state index in [1.54, 1.807) is 13.0 Å². The van der Waals surface area contributed by atoms with Crippen molar-refractivity contribution in [2.24, 2.45) is 0 Å². The van der Waals surface area contributed by atoms with Crippen molar-refractivity contribution in [3.8, 4) is 0 Å². The van der Waals surface area contributed by atoms with Crippen LogP contribution in [0.1, 0.15) is 58.6 Å². The number of benzene rings is 1. The number of rotatable bonds is 4. The Balaban J connectivity index is 1.34. The van der Waals surface area contributed by atoms with Crippen LogP contribution in [0.4, 0.5) is 18.9 Å². The molecule has 0 saturated heterocycles. The van der Waals surface area contributed by atoms with Crippen LogP contribution in [-0.2, 0) is 19.1 Å². The number of nitrogens with one attached hydrogen (secondary N) is 2. The van der Waals surface area contributed by atoms with Crippen LogP contribution in [0.3, 0.4) is 0 Å². The van der Waals surface area contributed by atoms with E-state index in [1.165, 1.54) is 5.56 Å². The Morgan fingerprint density at radius 1 is 1.12 bits per heavy atom. The number of hydrogen-bond acceptors (Lipinski definition) is 4. The van der Waals surface area contributed by atoms with Crippen molar-refractivity contribution in [1.29, 1.82) is 0 Å². The average molecular weight is 447 g/mol. The molecule has 0 bridgehead atoms. The summed E-state index contributed by atoms with van der Waals surface area (Å²) in [6.07, 6.45) is -0.445. The summed E-state index contributed by atoms with van der Waals surface area (Å²) in [6.45, 7) is 3.36. The summed E-state index contributed by atoms with van der Waals surface area (Å²) >= 11 is 0. The Hall–Kier alpha value is -2.61. The number of pyridine rings is 1. The molecule has 1 fully saturated rings. The van der Waals surface area contributed by atoms with Gasteiger partial charge in [0.2, 0.25) is 0 Å². The maximum Gasteiger partial charge on any atom is 0.433 e. The number of amides is 1. The lowest BCUT2D eigenvalue weighted by Crippen LogP contribution is -2.41. The first-order valence-corrected chi connectivity index (χ1v) is 11.1. The van der Waals surface area contributed by atoms with Gasteiger partial charge in [-0.2, -0.15) is 13.2 Å². The van der Waals surface area contributed by atoms with E-state index in [1.807, 2.05) is 12.1 Å². The topological polar surface area (TPSA) is 57.3 Å². The van der Waals surface area contributed by atoms with Crippen LogP contribution in [0, 0.1) is 6.92 Å². The van der Waals surface area contributed by atoms with Crippen LogP contribution >= 0.6 is 0 Å². The fourth-order valence-corrected chi connectivity index (χ4v) is 4.74. The lowest BCUT2D eigenvalue weighted by molar-refractivity contribution is -0.141. The van der Waals surface area contributed by atoms with E-state index in [0.717, 1.165) is 62.4 Å². The van der Waals surface area contributed by atoms with Crippen LogP contribution in [0.5, 0.6) is 0 Å². The molecule has 0 unspecified atom stereocenters. The highest BCUT2D eigenvalue weighted by atomic mass is 19.4. The molecule has 1 saturated carbocycles. The van der Waals surface area contributed by atoms with E-state index in [9.17, 15) is 18.0 Å². The maximum absolute atomic E-state index is 13.0. The molecule has 1 aromatic heterocycles. The largest absolute Gasteiger partial charge is 0.433 e. The van der Waals surface area contributed by atoms with Gasteiger partial charge < -0.3 is 15.5 Å². The van der Waals surface area contributed by atoms with Gasteiger partial charge in [-0.05, 0) is 75.4 Å². The molecule has 1 amide bonds. The molecule has 0 atom stereocenters. The minimum atomic E-state index is -4.46. The molecule has 2 aliphatic rings. The third-order valence-corrected chi connectivity index (χ3v) is 6.38. The molecule has 8 heteroatoms. The second kappa shape index (κ2) is 9.10. The van der Waals surface area contributed by atoms with Gasteiger partial charge in [0.15, 0.2) is 0 Å². The molecule has 32 heavy (non-hydrogen) atoms. The van der Waals surface area contributed by atoms with E-state index in [4.69, 9.17) is 0 Å². The second-order valence-corrected chi connectivity index (χ2v) is 8.98. The number of carbonyl (C=O) groups excluding carboxylic acids is 1. The van der Waals surface area contributed by atoms with Crippen LogP contribution in [-0.4, -0.2) is 41.5 Å². The van der Waals surface area contributed by atoms with E-state index in [2.05, 4.69) is 33.6 Å². The highest BCUT2D eigenvalue weighted by Gasteiger charge is 2.33. The highest BCUT2D eigenvalue weighted by molar-refractivity contribution is 5.96. The Morgan fingerprint density at radius 2 is 1.84 bits per heavy atom. The third kappa shape index (κ3) is 5.23. The number of alkyl halides is 3. The molecule has 5 nitrogen and oxygen atoms in total. The fourth-order valence-electron chi connectivity index (χ4n) is 4.74. The van der Waals surface area contributed by atoms with Crippen LogP contribution in [0.2, 0.25) is 0 Å². The summed E-state index contributed by atoms with van der Waals surface area (Å²) in [5.41, 5.74) is 3.03. The Kier molecular flexibility index (Phi) is 6.42. The number of carbonyl (C=O) groups is 1. The van der Waals surface area contributed by atoms with Gasteiger partial charge in [0.05, 0.1) is 0 Å². The molecular weight excluding hydrogens is 417 g/mol. The minimum Gasteiger partial charge on any atom is -0.382 e. The van der Waals surface area contributed by atoms with Gasteiger partial charge in [0, 0.05) is 42.1 Å². The maximum atomic E-state index is 13.0. The van der Waals surface area contributed by atoms with Crippen LogP contribution in [0.25, 0.3) is 0 Å². The molecule has 2 N–H and O–H groups in total. The molecule has 172 valence electrons. The number of anilines is 1. The summed E-state index contributed by atoms with van der Waals surface area (Å²) < 4.78 is 39.1. The molecule has 1 aliphatic heterocycles. The average Bonchev–Trinajstić information content (AvgIpc) is 2.73. The monoisotopic (exact) mass is 446 g/mol. The molecule has 1 aromatic carbocycles. The van der Waals surface area contributed by atoms with Gasteiger partial charge >= 0.3 is 6.18 Å². The summed E-state index contributed by atoms with van der Waals surface area (Å²) in [4.78, 5) is 18.8. The predicted molar refractivity (Wildman–Crippen MR) is 118 cm³/mol. The number of likely N-dealkylation sites (N-methyl/N-ethyl adjacent to an activating group) is 1. The second-order valence-electron chi connectivity index (χ2n) is 8.98.